The normalized spacial score (nSPS) is 13.1. The molecule has 13 heavy (non-hydrogen) atoms. The van der Waals surface area contributed by atoms with Gasteiger partial charge in [-0.15, -0.1) is 0 Å². The van der Waals surface area contributed by atoms with E-state index in [0.717, 1.165) is 0 Å². The Balaban J connectivity index is 3.71. The van der Waals surface area contributed by atoms with E-state index in [2.05, 4.69) is 4.39 Å². The van der Waals surface area contributed by atoms with Crippen LogP contribution in [-0.2, 0) is 24.6 Å². The van der Waals surface area contributed by atoms with Crippen molar-refractivity contribution in [2.75, 3.05) is 11.5 Å². The average molecular weight is 236 g/mol. The summed E-state index contributed by atoms with van der Waals surface area (Å²) in [5.41, 5.74) is 0. The molecule has 80 valence electrons. The second kappa shape index (κ2) is 4.84. The van der Waals surface area contributed by atoms with Gasteiger partial charge in [-0.1, -0.05) is 4.39 Å². The van der Waals surface area contributed by atoms with E-state index >= 15 is 0 Å². The summed E-state index contributed by atoms with van der Waals surface area (Å²) in [6.07, 6.45) is -0.159. The van der Waals surface area contributed by atoms with E-state index in [9.17, 15) is 21.4 Å². The van der Waals surface area contributed by atoms with Crippen LogP contribution in [-0.4, -0.2) is 32.9 Å². The fraction of sp³-hybridized carbons (Fsp3) is 1.00. The van der Waals surface area contributed by atoms with Crippen molar-refractivity contribution in [3.63, 3.8) is 0 Å². The molecule has 0 unspecified atom stereocenters. The summed E-state index contributed by atoms with van der Waals surface area (Å²) >= 11 is 0. The van der Waals surface area contributed by atoms with Crippen molar-refractivity contribution in [1.82, 2.24) is 0 Å². The van der Waals surface area contributed by atoms with Crippen LogP contribution < -0.4 is 0 Å². The van der Waals surface area contributed by atoms with E-state index in [0.29, 0.717) is 0 Å². The lowest BCUT2D eigenvalue weighted by Crippen LogP contribution is -2.09. The van der Waals surface area contributed by atoms with Crippen LogP contribution >= 0.6 is 0 Å². The zero-order valence-electron chi connectivity index (χ0n) is 6.51. The number of halogens is 1. The molecule has 0 saturated heterocycles. The summed E-state index contributed by atoms with van der Waals surface area (Å²) in [6.45, 7) is 0. The van der Waals surface area contributed by atoms with E-state index in [-0.39, 0.29) is 12.8 Å². The van der Waals surface area contributed by atoms with Crippen LogP contribution in [0.1, 0.15) is 12.8 Å². The maximum Gasteiger partial charge on any atom is 0.297 e. The first-order valence-electron chi connectivity index (χ1n) is 3.25. The standard InChI is InChI=1S/C4H9FO6S2/c5-11-13(9,10)4-2-1-3-12(6,7)8/h1-4H2,(H,6,7,8). The number of unbranched alkanes of at least 4 members (excludes halogenated alkanes) is 1. The van der Waals surface area contributed by atoms with Gasteiger partial charge in [0.15, 0.2) is 0 Å². The van der Waals surface area contributed by atoms with Crippen LogP contribution in [0.25, 0.3) is 0 Å². The maximum absolute atomic E-state index is 11.2. The minimum absolute atomic E-state index is 0.0680. The van der Waals surface area contributed by atoms with Gasteiger partial charge >= 0.3 is 0 Å². The molecule has 9 heteroatoms. The molecule has 0 aliphatic carbocycles. The van der Waals surface area contributed by atoms with Crippen molar-refractivity contribution in [3.05, 3.63) is 0 Å². The molecule has 0 aromatic heterocycles. The molecule has 0 aliphatic heterocycles. The SMILES string of the molecule is O=S(=O)(O)CCCCS(=O)(=O)OF. The van der Waals surface area contributed by atoms with Crippen LogP contribution in [0.5, 0.6) is 0 Å². The van der Waals surface area contributed by atoms with E-state index in [1.165, 1.54) is 0 Å². The zero-order valence-corrected chi connectivity index (χ0v) is 8.14. The fourth-order valence-electron chi connectivity index (χ4n) is 0.595. The van der Waals surface area contributed by atoms with E-state index in [1.807, 2.05) is 0 Å². The lowest BCUT2D eigenvalue weighted by molar-refractivity contribution is 0.00290. The summed E-state index contributed by atoms with van der Waals surface area (Å²) in [5, 5.41) is 0. The Morgan fingerprint density at radius 1 is 1.08 bits per heavy atom. The summed E-state index contributed by atoms with van der Waals surface area (Å²) in [7, 11) is -8.26. The number of hydrogen-bond acceptors (Lipinski definition) is 5. The topological polar surface area (TPSA) is 97.7 Å². The highest BCUT2D eigenvalue weighted by Crippen LogP contribution is 2.01. The molecule has 0 fully saturated rings. The first kappa shape index (κ1) is 12.8. The Morgan fingerprint density at radius 3 is 1.92 bits per heavy atom. The second-order valence-corrected chi connectivity index (χ2v) is 5.54. The molecule has 0 saturated carbocycles. The smallest absolute Gasteiger partial charge is 0.286 e. The Labute approximate surface area is 75.5 Å². The van der Waals surface area contributed by atoms with Crippen LogP contribution in [0.4, 0.5) is 4.53 Å². The number of hydrogen-bond donors (Lipinski definition) is 1. The summed E-state index contributed by atoms with van der Waals surface area (Å²) in [6, 6.07) is 0. The highest BCUT2D eigenvalue weighted by atomic mass is 32.2. The van der Waals surface area contributed by atoms with Crippen molar-refractivity contribution < 1.29 is 30.3 Å². The predicted octanol–water partition coefficient (Wildman–Crippen LogP) is -0.115. The van der Waals surface area contributed by atoms with E-state index in [1.54, 1.807) is 0 Å². The largest absolute Gasteiger partial charge is 0.297 e. The lowest BCUT2D eigenvalue weighted by atomic mass is 10.4. The Morgan fingerprint density at radius 2 is 1.54 bits per heavy atom. The second-order valence-electron chi connectivity index (χ2n) is 2.32. The minimum atomic E-state index is -4.18. The molecule has 0 aromatic carbocycles. The molecule has 6 nitrogen and oxygen atoms in total. The van der Waals surface area contributed by atoms with Gasteiger partial charge in [-0.2, -0.15) is 16.8 Å². The van der Waals surface area contributed by atoms with Crippen LogP contribution in [0, 0.1) is 0 Å². The van der Waals surface area contributed by atoms with Gasteiger partial charge in [-0.3, -0.25) is 4.55 Å². The number of rotatable bonds is 6. The van der Waals surface area contributed by atoms with Crippen molar-refractivity contribution in [2.45, 2.75) is 12.8 Å². The molecule has 0 aliphatic rings. The van der Waals surface area contributed by atoms with Crippen molar-refractivity contribution in [2.24, 2.45) is 0 Å². The first-order valence-corrected chi connectivity index (χ1v) is 6.43. The molecule has 0 radical (unpaired) electrons. The van der Waals surface area contributed by atoms with E-state index < -0.39 is 31.7 Å². The fourth-order valence-corrected chi connectivity index (χ4v) is 1.78. The minimum Gasteiger partial charge on any atom is -0.286 e. The lowest BCUT2D eigenvalue weighted by Gasteiger charge is -1.97. The third-order valence-electron chi connectivity index (χ3n) is 1.14. The van der Waals surface area contributed by atoms with Gasteiger partial charge < -0.3 is 0 Å². The Bertz CT molecular complexity index is 330. The quantitative estimate of drug-likeness (QED) is 0.510. The van der Waals surface area contributed by atoms with Gasteiger partial charge in [0, 0.05) is 0 Å². The maximum atomic E-state index is 11.2. The molecule has 0 atom stereocenters. The summed E-state index contributed by atoms with van der Waals surface area (Å²) in [4.78, 5) is 0. The van der Waals surface area contributed by atoms with Gasteiger partial charge in [0.1, 0.15) is 0 Å². The monoisotopic (exact) mass is 236 g/mol. The molecule has 0 heterocycles. The third kappa shape index (κ3) is 8.09. The van der Waals surface area contributed by atoms with Crippen LogP contribution in [0.15, 0.2) is 0 Å². The highest BCUT2D eigenvalue weighted by Gasteiger charge is 2.12. The molecular weight excluding hydrogens is 227 g/mol. The average Bonchev–Trinajstić information content (AvgIpc) is 1.97. The molecule has 0 rings (SSSR count). The van der Waals surface area contributed by atoms with Gasteiger partial charge in [0.05, 0.1) is 11.5 Å². The molecule has 0 amide bonds. The van der Waals surface area contributed by atoms with E-state index in [4.69, 9.17) is 4.55 Å². The summed E-state index contributed by atoms with van der Waals surface area (Å²) in [5.74, 6) is -1.16. The van der Waals surface area contributed by atoms with Crippen LogP contribution in [0.3, 0.4) is 0 Å². The zero-order chi connectivity index (χ0) is 10.5. The predicted molar refractivity (Wildman–Crippen MR) is 41.6 cm³/mol. The first-order chi connectivity index (χ1) is 5.77. The Kier molecular flexibility index (Phi) is 4.75. The van der Waals surface area contributed by atoms with Crippen LogP contribution in [0.2, 0.25) is 0 Å². The molecule has 1 N–H and O–H groups in total. The third-order valence-corrected chi connectivity index (χ3v) is 2.93. The molecular formula is C4H9FO6S2. The molecule has 0 spiro atoms. The van der Waals surface area contributed by atoms with Gasteiger partial charge in [0.25, 0.3) is 20.2 Å². The van der Waals surface area contributed by atoms with Gasteiger partial charge in [0.2, 0.25) is 0 Å². The van der Waals surface area contributed by atoms with Crippen molar-refractivity contribution in [1.29, 1.82) is 0 Å². The Hall–Kier alpha value is -0.250. The van der Waals surface area contributed by atoms with Gasteiger partial charge in [-0.25, -0.2) is 0 Å². The molecule has 0 bridgehead atoms. The summed E-state index contributed by atoms with van der Waals surface area (Å²) < 4.78 is 62.9. The van der Waals surface area contributed by atoms with Crippen molar-refractivity contribution in [3.8, 4) is 0 Å². The highest BCUT2D eigenvalue weighted by molar-refractivity contribution is 7.86. The van der Waals surface area contributed by atoms with Gasteiger partial charge in [-0.05, 0) is 17.4 Å². The van der Waals surface area contributed by atoms with Crippen molar-refractivity contribution >= 4 is 20.2 Å². The molecule has 0 aromatic rings.